The lowest BCUT2D eigenvalue weighted by Crippen LogP contribution is -2.22. The van der Waals surface area contributed by atoms with Crippen LogP contribution in [0.25, 0.3) is 22.1 Å². The minimum absolute atomic E-state index is 0.140. The number of carbonyl (C=O) groups is 1. The van der Waals surface area contributed by atoms with E-state index in [-0.39, 0.29) is 17.0 Å². The average molecular weight is 381 g/mol. The van der Waals surface area contributed by atoms with Crippen LogP contribution in [0.15, 0.2) is 47.3 Å². The first-order valence-corrected chi connectivity index (χ1v) is 8.64. The third kappa shape index (κ3) is 2.93. The van der Waals surface area contributed by atoms with Crippen LogP contribution in [0.4, 0.5) is 5.69 Å². The van der Waals surface area contributed by atoms with E-state index in [4.69, 9.17) is 4.74 Å². The number of carbonyl (C=O) groups excluding carboxylic acids is 1. The molecule has 0 unspecified atom stereocenters. The Labute approximate surface area is 155 Å². The standard InChI is InChI=1S/C18H11N3O5S/c1-10(22)26-15-7-6-11(8-14(15)21(24)25)9-16-17(23)20-13-5-3-2-4-12(13)19-18(20)27-16/h2-9H,1H3/b16-9-. The van der Waals surface area contributed by atoms with Crippen molar-refractivity contribution in [2.45, 2.75) is 6.92 Å². The number of imidazole rings is 1. The Morgan fingerprint density at radius 3 is 2.81 bits per heavy atom. The molecule has 0 fully saturated rings. The number of esters is 1. The summed E-state index contributed by atoms with van der Waals surface area (Å²) in [7, 11) is 0. The highest BCUT2D eigenvalue weighted by molar-refractivity contribution is 7.15. The summed E-state index contributed by atoms with van der Waals surface area (Å²) < 4.78 is 6.77. The molecular weight excluding hydrogens is 370 g/mol. The fourth-order valence-corrected chi connectivity index (χ4v) is 3.76. The second-order valence-electron chi connectivity index (χ2n) is 5.71. The minimum Gasteiger partial charge on any atom is -0.419 e. The molecule has 0 saturated heterocycles. The van der Waals surface area contributed by atoms with Gasteiger partial charge in [-0.2, -0.15) is 0 Å². The van der Waals surface area contributed by atoms with Crippen molar-refractivity contribution in [3.8, 4) is 5.75 Å². The van der Waals surface area contributed by atoms with Crippen molar-refractivity contribution in [1.82, 2.24) is 9.38 Å². The Kier molecular flexibility index (Phi) is 3.93. The number of benzene rings is 2. The summed E-state index contributed by atoms with van der Waals surface area (Å²) in [6.07, 6.45) is 1.56. The SMILES string of the molecule is CC(=O)Oc1ccc(/C=c2\sc3nc4ccccc4n3c2=O)cc1[N+](=O)[O-]. The second-order valence-corrected chi connectivity index (χ2v) is 6.72. The van der Waals surface area contributed by atoms with Crippen LogP contribution < -0.4 is 14.8 Å². The molecule has 0 radical (unpaired) electrons. The van der Waals surface area contributed by atoms with E-state index in [1.54, 1.807) is 12.1 Å². The number of nitro groups is 1. The fourth-order valence-electron chi connectivity index (χ4n) is 2.77. The Balaban J connectivity index is 1.87. The van der Waals surface area contributed by atoms with E-state index in [2.05, 4.69) is 4.98 Å². The van der Waals surface area contributed by atoms with Crippen molar-refractivity contribution in [1.29, 1.82) is 0 Å². The Bertz CT molecular complexity index is 1340. The highest BCUT2D eigenvalue weighted by atomic mass is 32.1. The Morgan fingerprint density at radius 2 is 2.07 bits per heavy atom. The molecule has 0 aliphatic heterocycles. The van der Waals surface area contributed by atoms with E-state index in [9.17, 15) is 19.7 Å². The van der Waals surface area contributed by atoms with Gasteiger partial charge in [-0.1, -0.05) is 29.5 Å². The summed E-state index contributed by atoms with van der Waals surface area (Å²) in [6, 6.07) is 11.5. The van der Waals surface area contributed by atoms with E-state index in [0.29, 0.717) is 20.6 Å². The largest absolute Gasteiger partial charge is 0.419 e. The van der Waals surface area contributed by atoms with Crippen LogP contribution in [-0.4, -0.2) is 20.3 Å². The third-order valence-electron chi connectivity index (χ3n) is 3.88. The zero-order valence-corrected chi connectivity index (χ0v) is 14.7. The molecule has 0 amide bonds. The van der Waals surface area contributed by atoms with Gasteiger partial charge in [0.15, 0.2) is 4.96 Å². The zero-order valence-electron chi connectivity index (χ0n) is 13.9. The van der Waals surface area contributed by atoms with E-state index >= 15 is 0 Å². The van der Waals surface area contributed by atoms with Crippen molar-refractivity contribution in [3.63, 3.8) is 0 Å². The highest BCUT2D eigenvalue weighted by Gasteiger charge is 2.17. The topological polar surface area (TPSA) is 104 Å². The maximum atomic E-state index is 12.7. The summed E-state index contributed by atoms with van der Waals surface area (Å²) in [5.74, 6) is -0.790. The van der Waals surface area contributed by atoms with E-state index in [1.807, 2.05) is 24.3 Å². The molecule has 2 aromatic carbocycles. The number of ether oxygens (including phenoxy) is 1. The summed E-state index contributed by atoms with van der Waals surface area (Å²) in [4.78, 5) is 39.4. The molecule has 0 aliphatic rings. The quantitative estimate of drug-likeness (QED) is 0.233. The number of nitro benzene ring substituents is 1. The lowest BCUT2D eigenvalue weighted by Gasteiger charge is -2.03. The van der Waals surface area contributed by atoms with Crippen molar-refractivity contribution < 1.29 is 14.5 Å². The van der Waals surface area contributed by atoms with Gasteiger partial charge in [0.05, 0.1) is 20.5 Å². The molecule has 4 aromatic rings. The van der Waals surface area contributed by atoms with Gasteiger partial charge in [-0.15, -0.1) is 0 Å². The van der Waals surface area contributed by atoms with Gasteiger partial charge in [0, 0.05) is 13.0 Å². The molecule has 0 saturated carbocycles. The van der Waals surface area contributed by atoms with Crippen molar-refractivity contribution in [2.75, 3.05) is 0 Å². The lowest BCUT2D eigenvalue weighted by molar-refractivity contribution is -0.385. The van der Waals surface area contributed by atoms with Crippen LogP contribution in [0.2, 0.25) is 0 Å². The molecular formula is C18H11N3O5S. The smallest absolute Gasteiger partial charge is 0.312 e. The molecule has 27 heavy (non-hydrogen) atoms. The van der Waals surface area contributed by atoms with Crippen molar-refractivity contribution in [3.05, 3.63) is 73.0 Å². The highest BCUT2D eigenvalue weighted by Crippen LogP contribution is 2.28. The van der Waals surface area contributed by atoms with Gasteiger partial charge in [-0.3, -0.25) is 19.7 Å². The molecule has 134 valence electrons. The van der Waals surface area contributed by atoms with Gasteiger partial charge in [0.25, 0.3) is 5.56 Å². The maximum absolute atomic E-state index is 12.7. The predicted molar refractivity (Wildman–Crippen MR) is 100 cm³/mol. The molecule has 0 atom stereocenters. The first-order valence-electron chi connectivity index (χ1n) is 7.82. The summed E-state index contributed by atoms with van der Waals surface area (Å²) in [5, 5.41) is 11.2. The average Bonchev–Trinajstić information content (AvgIpc) is 3.12. The third-order valence-corrected chi connectivity index (χ3v) is 4.85. The monoisotopic (exact) mass is 381 g/mol. The summed E-state index contributed by atoms with van der Waals surface area (Å²) in [5.41, 5.74) is 1.30. The molecule has 0 aliphatic carbocycles. The molecule has 0 bridgehead atoms. The molecule has 2 heterocycles. The van der Waals surface area contributed by atoms with Gasteiger partial charge in [0.1, 0.15) is 0 Å². The van der Waals surface area contributed by atoms with Crippen LogP contribution in [0.3, 0.4) is 0 Å². The van der Waals surface area contributed by atoms with Crippen LogP contribution >= 0.6 is 11.3 Å². The number of fused-ring (bicyclic) bond motifs is 3. The van der Waals surface area contributed by atoms with Crippen LogP contribution in [0.5, 0.6) is 5.75 Å². The summed E-state index contributed by atoms with van der Waals surface area (Å²) in [6.45, 7) is 1.17. The van der Waals surface area contributed by atoms with Gasteiger partial charge in [-0.05, 0) is 29.8 Å². The Hall–Kier alpha value is -3.59. The van der Waals surface area contributed by atoms with Gasteiger partial charge < -0.3 is 4.74 Å². The number of para-hydroxylation sites is 2. The number of nitrogens with zero attached hydrogens (tertiary/aromatic N) is 3. The van der Waals surface area contributed by atoms with Crippen molar-refractivity contribution >= 4 is 45.1 Å². The maximum Gasteiger partial charge on any atom is 0.312 e. The van der Waals surface area contributed by atoms with E-state index < -0.39 is 10.9 Å². The van der Waals surface area contributed by atoms with Crippen molar-refractivity contribution in [2.24, 2.45) is 0 Å². The number of hydrogen-bond donors (Lipinski definition) is 0. The van der Waals surface area contributed by atoms with Gasteiger partial charge in [0.2, 0.25) is 5.75 Å². The normalized spacial score (nSPS) is 12.0. The number of rotatable bonds is 3. The molecule has 9 heteroatoms. The molecule has 2 aromatic heterocycles. The fraction of sp³-hybridized carbons (Fsp3) is 0.0556. The Morgan fingerprint density at radius 1 is 1.30 bits per heavy atom. The number of thiazole rings is 1. The van der Waals surface area contributed by atoms with Crippen LogP contribution in [0.1, 0.15) is 12.5 Å². The predicted octanol–water partition coefficient (Wildman–Crippen LogP) is 2.29. The van der Waals surface area contributed by atoms with Gasteiger partial charge in [-0.25, -0.2) is 9.38 Å². The molecule has 0 spiro atoms. The number of hydrogen-bond acceptors (Lipinski definition) is 7. The molecule has 4 rings (SSSR count). The van der Waals surface area contributed by atoms with Crippen LogP contribution in [-0.2, 0) is 4.79 Å². The van der Waals surface area contributed by atoms with E-state index in [1.165, 1.54) is 34.8 Å². The van der Waals surface area contributed by atoms with E-state index in [0.717, 1.165) is 5.52 Å². The first-order chi connectivity index (χ1) is 12.9. The van der Waals surface area contributed by atoms with Crippen LogP contribution in [0, 0.1) is 10.1 Å². The lowest BCUT2D eigenvalue weighted by atomic mass is 10.2. The number of aromatic nitrogens is 2. The summed E-state index contributed by atoms with van der Waals surface area (Å²) >= 11 is 1.20. The molecule has 0 N–H and O–H groups in total. The molecule has 8 nitrogen and oxygen atoms in total. The minimum atomic E-state index is -0.650. The first kappa shape index (κ1) is 16.9. The second kappa shape index (κ2) is 6.29. The zero-order chi connectivity index (χ0) is 19.1. The van der Waals surface area contributed by atoms with Gasteiger partial charge >= 0.3 is 11.7 Å².